The number of para-hydroxylation sites is 1. The van der Waals surface area contributed by atoms with Crippen molar-refractivity contribution in [3.05, 3.63) is 158 Å². The Hall–Kier alpha value is -6.26. The minimum atomic E-state index is 0.706. The quantitative estimate of drug-likeness (QED) is 0.193. The SMILES string of the molecule is c1ccc(-c2ccc3ccc4c5ccc(-c6nc(-c7ccccc7)nc7ccccc67)cc5nc(-c5ccccc5)c4c3n2)cc1. The van der Waals surface area contributed by atoms with Crippen molar-refractivity contribution < 1.29 is 0 Å². The Morgan fingerprint density at radius 3 is 1.78 bits per heavy atom. The van der Waals surface area contributed by atoms with E-state index in [9.17, 15) is 0 Å². The molecule has 0 bridgehead atoms. The maximum Gasteiger partial charge on any atom is 0.160 e. The molecule has 3 heterocycles. The van der Waals surface area contributed by atoms with Gasteiger partial charge in [0.15, 0.2) is 5.82 Å². The van der Waals surface area contributed by atoms with Crippen molar-refractivity contribution >= 4 is 43.5 Å². The van der Waals surface area contributed by atoms with E-state index in [2.05, 4.69) is 115 Å². The molecule has 0 radical (unpaired) electrons. The molecule has 0 aliphatic heterocycles. The fraction of sp³-hybridized carbons (Fsp3) is 0. The number of benzene rings is 6. The van der Waals surface area contributed by atoms with Gasteiger partial charge in [0.25, 0.3) is 0 Å². The van der Waals surface area contributed by atoms with Gasteiger partial charge in [-0.2, -0.15) is 0 Å². The lowest BCUT2D eigenvalue weighted by Gasteiger charge is -2.15. The van der Waals surface area contributed by atoms with E-state index in [0.29, 0.717) is 5.82 Å². The van der Waals surface area contributed by atoms with Gasteiger partial charge in [-0.25, -0.2) is 19.9 Å². The molecule has 0 N–H and O–H groups in total. The minimum absolute atomic E-state index is 0.706. The van der Waals surface area contributed by atoms with Crippen LogP contribution in [0.1, 0.15) is 0 Å². The van der Waals surface area contributed by atoms with Crippen LogP contribution >= 0.6 is 0 Å². The summed E-state index contributed by atoms with van der Waals surface area (Å²) in [7, 11) is 0. The number of nitrogens with zero attached hydrogens (tertiary/aromatic N) is 4. The first-order chi connectivity index (χ1) is 22.8. The Balaban J connectivity index is 1.32. The minimum Gasteiger partial charge on any atom is -0.247 e. The molecule has 0 fully saturated rings. The highest BCUT2D eigenvalue weighted by atomic mass is 14.9. The molecular weight excluding hydrogens is 560 g/mol. The van der Waals surface area contributed by atoms with Crippen LogP contribution in [0.2, 0.25) is 0 Å². The maximum atomic E-state index is 5.39. The van der Waals surface area contributed by atoms with Crippen LogP contribution in [0.4, 0.5) is 0 Å². The standard InChI is InChI=1S/C42H26N4/c1-4-12-27(13-5-1)35-25-22-29-20-24-33-32-23-21-31(26-37(32)44-40(38(33)41(29)43-35)28-14-6-2-7-15-28)39-34-18-10-11-19-36(34)45-42(46-39)30-16-8-3-9-17-30/h1-26H. The highest BCUT2D eigenvalue weighted by molar-refractivity contribution is 6.20. The molecule has 6 aromatic carbocycles. The van der Waals surface area contributed by atoms with E-state index >= 15 is 0 Å². The average Bonchev–Trinajstić information content (AvgIpc) is 3.14. The lowest BCUT2D eigenvalue weighted by molar-refractivity contribution is 1.23. The van der Waals surface area contributed by atoms with Gasteiger partial charge in [0.2, 0.25) is 0 Å². The summed E-state index contributed by atoms with van der Waals surface area (Å²) >= 11 is 0. The number of fused-ring (bicyclic) bond motifs is 6. The van der Waals surface area contributed by atoms with E-state index in [1.54, 1.807) is 0 Å². The lowest BCUT2D eigenvalue weighted by Crippen LogP contribution is -1.96. The number of rotatable bonds is 4. The Bertz CT molecular complexity index is 2560. The van der Waals surface area contributed by atoms with Crippen molar-refractivity contribution in [1.29, 1.82) is 0 Å². The predicted molar refractivity (Wildman–Crippen MR) is 189 cm³/mol. The molecular formula is C42H26N4. The summed E-state index contributed by atoms with van der Waals surface area (Å²) in [5.41, 5.74) is 9.65. The van der Waals surface area contributed by atoms with Crippen LogP contribution in [0.3, 0.4) is 0 Å². The Morgan fingerprint density at radius 1 is 0.348 bits per heavy atom. The molecule has 46 heavy (non-hydrogen) atoms. The topological polar surface area (TPSA) is 51.6 Å². The van der Waals surface area contributed by atoms with Gasteiger partial charge in [0.1, 0.15) is 0 Å². The van der Waals surface area contributed by atoms with Gasteiger partial charge in [0.05, 0.1) is 33.6 Å². The van der Waals surface area contributed by atoms with Crippen LogP contribution in [0.25, 0.3) is 88.6 Å². The number of aromatic nitrogens is 4. The van der Waals surface area contributed by atoms with Gasteiger partial charge >= 0.3 is 0 Å². The normalized spacial score (nSPS) is 11.5. The second kappa shape index (κ2) is 10.7. The predicted octanol–water partition coefficient (Wildman–Crippen LogP) is 10.5. The van der Waals surface area contributed by atoms with Gasteiger partial charge in [-0.3, -0.25) is 0 Å². The summed E-state index contributed by atoms with van der Waals surface area (Å²) in [4.78, 5) is 20.7. The Labute approximate surface area is 265 Å². The molecule has 0 saturated carbocycles. The van der Waals surface area contributed by atoms with E-state index in [4.69, 9.17) is 19.9 Å². The fourth-order valence-electron chi connectivity index (χ4n) is 6.42. The molecule has 9 rings (SSSR count). The summed E-state index contributed by atoms with van der Waals surface area (Å²) in [5.74, 6) is 0.706. The van der Waals surface area contributed by atoms with E-state index in [0.717, 1.165) is 82.8 Å². The van der Waals surface area contributed by atoms with Gasteiger partial charge in [0, 0.05) is 43.8 Å². The van der Waals surface area contributed by atoms with E-state index in [1.807, 2.05) is 42.5 Å². The number of pyridine rings is 2. The van der Waals surface area contributed by atoms with Gasteiger partial charge in [-0.1, -0.05) is 140 Å². The van der Waals surface area contributed by atoms with Crippen LogP contribution < -0.4 is 0 Å². The molecule has 0 saturated heterocycles. The first-order valence-corrected chi connectivity index (χ1v) is 15.4. The molecule has 0 aliphatic rings. The monoisotopic (exact) mass is 586 g/mol. The van der Waals surface area contributed by atoms with E-state index < -0.39 is 0 Å². The van der Waals surface area contributed by atoms with Crippen LogP contribution in [-0.4, -0.2) is 19.9 Å². The number of hydrogen-bond donors (Lipinski definition) is 0. The first-order valence-electron chi connectivity index (χ1n) is 15.4. The van der Waals surface area contributed by atoms with Crippen molar-refractivity contribution in [2.75, 3.05) is 0 Å². The fourth-order valence-corrected chi connectivity index (χ4v) is 6.42. The second-order valence-corrected chi connectivity index (χ2v) is 11.5. The summed E-state index contributed by atoms with van der Waals surface area (Å²) in [6.45, 7) is 0. The van der Waals surface area contributed by atoms with E-state index in [1.165, 1.54) is 0 Å². The zero-order valence-corrected chi connectivity index (χ0v) is 24.8. The molecule has 0 amide bonds. The average molecular weight is 587 g/mol. The van der Waals surface area contributed by atoms with Crippen molar-refractivity contribution in [2.45, 2.75) is 0 Å². The van der Waals surface area contributed by atoms with Gasteiger partial charge in [-0.15, -0.1) is 0 Å². The summed E-state index contributed by atoms with van der Waals surface area (Å²) in [5, 5.41) is 5.35. The second-order valence-electron chi connectivity index (χ2n) is 11.5. The molecule has 9 aromatic rings. The van der Waals surface area contributed by atoms with Crippen molar-refractivity contribution in [1.82, 2.24) is 19.9 Å². The van der Waals surface area contributed by atoms with Crippen LogP contribution in [-0.2, 0) is 0 Å². The van der Waals surface area contributed by atoms with Gasteiger partial charge in [-0.05, 0) is 23.6 Å². The van der Waals surface area contributed by atoms with Gasteiger partial charge < -0.3 is 0 Å². The molecule has 0 atom stereocenters. The molecule has 0 spiro atoms. The highest BCUT2D eigenvalue weighted by Gasteiger charge is 2.17. The third-order valence-electron chi connectivity index (χ3n) is 8.64. The first kappa shape index (κ1) is 26.2. The lowest BCUT2D eigenvalue weighted by atomic mass is 9.95. The molecule has 4 heteroatoms. The Kier molecular flexibility index (Phi) is 6.10. The third-order valence-corrected chi connectivity index (χ3v) is 8.64. The smallest absolute Gasteiger partial charge is 0.160 e. The van der Waals surface area contributed by atoms with Crippen LogP contribution in [0.15, 0.2) is 158 Å². The largest absolute Gasteiger partial charge is 0.247 e. The highest BCUT2D eigenvalue weighted by Crippen LogP contribution is 2.39. The zero-order chi connectivity index (χ0) is 30.5. The Morgan fingerprint density at radius 2 is 1.00 bits per heavy atom. The molecule has 0 unspecified atom stereocenters. The van der Waals surface area contributed by atoms with Crippen molar-refractivity contribution in [3.63, 3.8) is 0 Å². The number of hydrogen-bond acceptors (Lipinski definition) is 4. The zero-order valence-electron chi connectivity index (χ0n) is 24.8. The van der Waals surface area contributed by atoms with E-state index in [-0.39, 0.29) is 0 Å². The molecule has 214 valence electrons. The van der Waals surface area contributed by atoms with Crippen LogP contribution in [0, 0.1) is 0 Å². The summed E-state index contributed by atoms with van der Waals surface area (Å²) in [6.07, 6.45) is 0. The van der Waals surface area contributed by atoms with Crippen molar-refractivity contribution in [2.24, 2.45) is 0 Å². The molecule has 3 aromatic heterocycles. The maximum absolute atomic E-state index is 5.39. The summed E-state index contributed by atoms with van der Waals surface area (Å²) < 4.78 is 0. The third kappa shape index (κ3) is 4.39. The summed E-state index contributed by atoms with van der Waals surface area (Å²) in [6, 6.07) is 54.3. The molecule has 0 aliphatic carbocycles. The van der Waals surface area contributed by atoms with Crippen molar-refractivity contribution in [3.8, 4) is 45.2 Å². The van der Waals surface area contributed by atoms with Crippen LogP contribution in [0.5, 0.6) is 0 Å². The molecule has 4 nitrogen and oxygen atoms in total.